The van der Waals surface area contributed by atoms with Gasteiger partial charge in [-0.1, -0.05) is 25.0 Å². The lowest BCUT2D eigenvalue weighted by Crippen LogP contribution is -2.13. The second-order valence-electron chi connectivity index (χ2n) is 4.83. The molecule has 0 bridgehead atoms. The highest BCUT2D eigenvalue weighted by atomic mass is 32.2. The summed E-state index contributed by atoms with van der Waals surface area (Å²) in [7, 11) is 0. The first kappa shape index (κ1) is 13.2. The number of nitrogens with one attached hydrogen (secondary N) is 2. The first-order chi connectivity index (χ1) is 9.83. The monoisotopic (exact) mass is 288 g/mol. The highest BCUT2D eigenvalue weighted by molar-refractivity contribution is 8.00. The topological polar surface area (TPSA) is 70.7 Å². The van der Waals surface area contributed by atoms with E-state index in [9.17, 15) is 4.79 Å². The normalized spacial score (nSPS) is 15.4. The molecule has 1 saturated carbocycles. The second-order valence-corrected chi connectivity index (χ2v) is 6.17. The molecular formula is C14H16N4OS. The van der Waals surface area contributed by atoms with Crippen molar-refractivity contribution in [2.45, 2.75) is 35.8 Å². The van der Waals surface area contributed by atoms with Crippen LogP contribution in [0.4, 0.5) is 5.69 Å². The van der Waals surface area contributed by atoms with Crippen molar-refractivity contribution in [3.8, 4) is 0 Å². The SMILES string of the molecule is O=C(Nc1ccccc1SC1CCCC1)c1cn[nH]n1. The number of rotatable bonds is 4. The van der Waals surface area contributed by atoms with E-state index in [2.05, 4.69) is 26.8 Å². The van der Waals surface area contributed by atoms with Gasteiger partial charge in [0.2, 0.25) is 0 Å². The number of amides is 1. The molecule has 0 saturated heterocycles. The van der Waals surface area contributed by atoms with Gasteiger partial charge in [-0.2, -0.15) is 15.4 Å². The van der Waals surface area contributed by atoms with E-state index in [0.717, 1.165) is 10.6 Å². The van der Waals surface area contributed by atoms with E-state index < -0.39 is 0 Å². The summed E-state index contributed by atoms with van der Waals surface area (Å²) in [5, 5.41) is 13.5. The average molecular weight is 288 g/mol. The van der Waals surface area contributed by atoms with Crippen LogP contribution in [0.15, 0.2) is 35.4 Å². The molecule has 5 nitrogen and oxygen atoms in total. The molecule has 1 amide bonds. The van der Waals surface area contributed by atoms with Crippen LogP contribution in [0.25, 0.3) is 0 Å². The number of benzene rings is 1. The molecule has 1 aliphatic rings. The molecule has 0 atom stereocenters. The number of anilines is 1. The van der Waals surface area contributed by atoms with Gasteiger partial charge in [0.25, 0.3) is 5.91 Å². The predicted octanol–water partition coefficient (Wildman–Crippen LogP) is 3.09. The molecule has 0 spiro atoms. The molecule has 104 valence electrons. The Morgan fingerprint density at radius 1 is 1.30 bits per heavy atom. The van der Waals surface area contributed by atoms with Crippen molar-refractivity contribution in [2.24, 2.45) is 0 Å². The number of para-hydroxylation sites is 1. The van der Waals surface area contributed by atoms with Crippen molar-refractivity contribution in [2.75, 3.05) is 5.32 Å². The Morgan fingerprint density at radius 3 is 2.85 bits per heavy atom. The van der Waals surface area contributed by atoms with E-state index in [1.807, 2.05) is 30.0 Å². The Kier molecular flexibility index (Phi) is 4.01. The van der Waals surface area contributed by atoms with E-state index >= 15 is 0 Å². The average Bonchev–Trinajstić information content (AvgIpc) is 3.13. The quantitative estimate of drug-likeness (QED) is 0.907. The Morgan fingerprint density at radius 2 is 2.10 bits per heavy atom. The molecule has 6 heteroatoms. The number of aromatic amines is 1. The van der Waals surface area contributed by atoms with Gasteiger partial charge in [-0.25, -0.2) is 0 Å². The third-order valence-electron chi connectivity index (χ3n) is 3.38. The minimum Gasteiger partial charge on any atom is -0.320 e. The molecule has 1 aliphatic carbocycles. The van der Waals surface area contributed by atoms with Crippen molar-refractivity contribution in [3.05, 3.63) is 36.2 Å². The fourth-order valence-corrected chi connectivity index (χ4v) is 3.69. The molecule has 0 unspecified atom stereocenters. The van der Waals surface area contributed by atoms with Gasteiger partial charge in [0.05, 0.1) is 11.9 Å². The predicted molar refractivity (Wildman–Crippen MR) is 78.9 cm³/mol. The molecule has 0 aliphatic heterocycles. The van der Waals surface area contributed by atoms with Crippen LogP contribution in [0.3, 0.4) is 0 Å². The van der Waals surface area contributed by atoms with Crippen LogP contribution in [0.2, 0.25) is 0 Å². The van der Waals surface area contributed by atoms with Crippen molar-refractivity contribution in [3.63, 3.8) is 0 Å². The van der Waals surface area contributed by atoms with Crippen molar-refractivity contribution < 1.29 is 4.79 Å². The van der Waals surface area contributed by atoms with Crippen molar-refractivity contribution >= 4 is 23.4 Å². The lowest BCUT2D eigenvalue weighted by Gasteiger charge is -2.13. The number of carbonyl (C=O) groups excluding carboxylic acids is 1. The zero-order valence-electron chi connectivity index (χ0n) is 11.0. The highest BCUT2D eigenvalue weighted by Crippen LogP contribution is 2.38. The van der Waals surface area contributed by atoms with Gasteiger partial charge in [0.1, 0.15) is 0 Å². The fraction of sp³-hybridized carbons (Fsp3) is 0.357. The number of carbonyl (C=O) groups is 1. The number of hydrogen-bond donors (Lipinski definition) is 2. The van der Waals surface area contributed by atoms with E-state index in [1.165, 1.54) is 31.9 Å². The molecule has 1 heterocycles. The lowest BCUT2D eigenvalue weighted by molar-refractivity contribution is 0.102. The highest BCUT2D eigenvalue weighted by Gasteiger charge is 2.18. The Balaban J connectivity index is 1.73. The maximum absolute atomic E-state index is 12.0. The van der Waals surface area contributed by atoms with Gasteiger partial charge < -0.3 is 5.32 Å². The van der Waals surface area contributed by atoms with Crippen molar-refractivity contribution in [1.29, 1.82) is 0 Å². The molecule has 20 heavy (non-hydrogen) atoms. The summed E-state index contributed by atoms with van der Waals surface area (Å²) in [5.41, 5.74) is 1.14. The third kappa shape index (κ3) is 3.01. The van der Waals surface area contributed by atoms with Crippen LogP contribution in [0.5, 0.6) is 0 Å². The maximum Gasteiger partial charge on any atom is 0.277 e. The third-order valence-corrected chi connectivity index (χ3v) is 4.79. The number of thioether (sulfide) groups is 1. The number of hydrogen-bond acceptors (Lipinski definition) is 4. The lowest BCUT2D eigenvalue weighted by atomic mass is 10.3. The molecule has 1 fully saturated rings. The largest absolute Gasteiger partial charge is 0.320 e. The maximum atomic E-state index is 12.0. The molecule has 2 N–H and O–H groups in total. The molecule has 0 radical (unpaired) electrons. The van der Waals surface area contributed by atoms with Crippen LogP contribution >= 0.6 is 11.8 Å². The Hall–Kier alpha value is -1.82. The van der Waals surface area contributed by atoms with E-state index in [4.69, 9.17) is 0 Å². The summed E-state index contributed by atoms with van der Waals surface area (Å²) in [4.78, 5) is 13.1. The molecule has 1 aromatic carbocycles. The number of aromatic nitrogens is 3. The van der Waals surface area contributed by atoms with E-state index in [-0.39, 0.29) is 5.91 Å². The van der Waals surface area contributed by atoms with Gasteiger partial charge >= 0.3 is 0 Å². The molecule has 3 rings (SSSR count). The van der Waals surface area contributed by atoms with Crippen LogP contribution in [0.1, 0.15) is 36.2 Å². The first-order valence-electron chi connectivity index (χ1n) is 6.76. The van der Waals surface area contributed by atoms with Gasteiger partial charge in [-0.15, -0.1) is 11.8 Å². The zero-order chi connectivity index (χ0) is 13.8. The Bertz CT molecular complexity index is 579. The van der Waals surface area contributed by atoms with Crippen LogP contribution in [0, 0.1) is 0 Å². The summed E-state index contributed by atoms with van der Waals surface area (Å²) in [6, 6.07) is 7.91. The summed E-state index contributed by atoms with van der Waals surface area (Å²) >= 11 is 1.86. The van der Waals surface area contributed by atoms with Gasteiger partial charge in [0.15, 0.2) is 5.69 Å². The standard InChI is InChI=1S/C14H16N4OS/c19-14(12-9-15-18-17-12)16-11-7-3-4-8-13(11)20-10-5-1-2-6-10/h3-4,7-10H,1-2,5-6H2,(H,16,19)(H,15,17,18). The Labute approximate surface area is 121 Å². The summed E-state index contributed by atoms with van der Waals surface area (Å²) in [6.07, 6.45) is 6.56. The van der Waals surface area contributed by atoms with Crippen LogP contribution in [-0.4, -0.2) is 26.6 Å². The van der Waals surface area contributed by atoms with Crippen LogP contribution < -0.4 is 5.32 Å². The van der Waals surface area contributed by atoms with Gasteiger partial charge in [-0.3, -0.25) is 4.79 Å². The van der Waals surface area contributed by atoms with Crippen molar-refractivity contribution in [1.82, 2.24) is 15.4 Å². The van der Waals surface area contributed by atoms with Crippen LogP contribution in [-0.2, 0) is 0 Å². The number of H-pyrrole nitrogens is 1. The summed E-state index contributed by atoms with van der Waals surface area (Å²) in [5.74, 6) is -0.238. The molecule has 1 aromatic heterocycles. The minimum absolute atomic E-state index is 0.238. The first-order valence-corrected chi connectivity index (χ1v) is 7.64. The second kappa shape index (κ2) is 6.09. The van der Waals surface area contributed by atoms with E-state index in [1.54, 1.807) is 0 Å². The number of nitrogens with zero attached hydrogens (tertiary/aromatic N) is 2. The minimum atomic E-state index is -0.238. The molecular weight excluding hydrogens is 272 g/mol. The molecule has 2 aromatic rings. The zero-order valence-corrected chi connectivity index (χ0v) is 11.8. The van der Waals surface area contributed by atoms with Gasteiger partial charge in [-0.05, 0) is 25.0 Å². The van der Waals surface area contributed by atoms with Gasteiger partial charge in [0, 0.05) is 10.1 Å². The summed E-state index contributed by atoms with van der Waals surface area (Å²) in [6.45, 7) is 0. The summed E-state index contributed by atoms with van der Waals surface area (Å²) < 4.78 is 0. The fourth-order valence-electron chi connectivity index (χ4n) is 2.36. The van der Waals surface area contributed by atoms with E-state index in [0.29, 0.717) is 10.9 Å². The smallest absolute Gasteiger partial charge is 0.277 e.